The van der Waals surface area contributed by atoms with Gasteiger partial charge in [-0.3, -0.25) is 9.59 Å². The van der Waals surface area contributed by atoms with Crippen LogP contribution in [0.1, 0.15) is 37.4 Å². The smallest absolute Gasteiger partial charge is 0.216 e. The number of carbonyl (C=O) groups is 2. The topological polar surface area (TPSA) is 83.4 Å². The predicted octanol–water partition coefficient (Wildman–Crippen LogP) is 2.26. The van der Waals surface area contributed by atoms with Gasteiger partial charge in [-0.15, -0.1) is 0 Å². The van der Waals surface area contributed by atoms with Crippen molar-refractivity contribution in [3.8, 4) is 17.2 Å². The van der Waals surface area contributed by atoms with Crippen LogP contribution in [-0.2, 0) is 4.74 Å². The van der Waals surface area contributed by atoms with Crippen LogP contribution in [0.4, 0.5) is 0 Å². The van der Waals surface area contributed by atoms with E-state index in [1.54, 1.807) is 24.3 Å². The monoisotopic (exact) mass is 367 g/mol. The summed E-state index contributed by atoms with van der Waals surface area (Å²) in [6, 6.07) is 6.41. The van der Waals surface area contributed by atoms with Gasteiger partial charge in [0.15, 0.2) is 5.78 Å². The Hall–Kier alpha value is -3.35. The molecule has 2 aromatic carbocycles. The molecule has 0 fully saturated rings. The lowest BCUT2D eigenvalue weighted by atomic mass is 9.82. The highest BCUT2D eigenvalue weighted by atomic mass is 16.5. The Kier molecular flexibility index (Phi) is 4.07. The second kappa shape index (κ2) is 6.42. The largest absolute Gasteiger partial charge is 0.497 e. The number of ether oxygens (including phenoxy) is 4. The molecule has 1 heterocycles. The van der Waals surface area contributed by atoms with Gasteiger partial charge in [0.1, 0.15) is 23.9 Å². The standard InChI is InChI=1S/C20H17NO6/c1-24-11-8-13-17(15(9-11)26-3)19(23)16-12(18(13)22)6-10(7-14(16)25-2)20-21-4-5-27-20/h6-9H,4-5H2,1-3H3. The number of aliphatic imine (C=N–C) groups is 1. The summed E-state index contributed by atoms with van der Waals surface area (Å²) in [7, 11) is 4.38. The number of ketones is 2. The van der Waals surface area contributed by atoms with Crippen molar-refractivity contribution in [3.05, 3.63) is 52.1 Å². The average molecular weight is 367 g/mol. The maximum atomic E-state index is 13.2. The van der Waals surface area contributed by atoms with Crippen molar-refractivity contribution < 1.29 is 28.5 Å². The second-order valence-corrected chi connectivity index (χ2v) is 6.05. The number of benzene rings is 2. The molecule has 1 aliphatic heterocycles. The molecule has 0 saturated carbocycles. The number of fused-ring (bicyclic) bond motifs is 2. The Bertz CT molecular complexity index is 1010. The van der Waals surface area contributed by atoms with E-state index in [0.717, 1.165) is 0 Å². The number of rotatable bonds is 4. The summed E-state index contributed by atoms with van der Waals surface area (Å²) in [5, 5.41) is 0. The molecule has 0 atom stereocenters. The zero-order valence-electron chi connectivity index (χ0n) is 15.1. The lowest BCUT2D eigenvalue weighted by Crippen LogP contribution is -2.23. The number of nitrogens with zero attached hydrogens (tertiary/aromatic N) is 1. The second-order valence-electron chi connectivity index (χ2n) is 6.05. The number of hydrogen-bond donors (Lipinski definition) is 0. The molecule has 0 N–H and O–H groups in total. The van der Waals surface area contributed by atoms with E-state index in [0.29, 0.717) is 36.1 Å². The van der Waals surface area contributed by atoms with Crippen LogP contribution in [0.5, 0.6) is 17.2 Å². The molecule has 2 aliphatic rings. The minimum atomic E-state index is -0.336. The maximum Gasteiger partial charge on any atom is 0.216 e. The Morgan fingerprint density at radius 3 is 2.11 bits per heavy atom. The Morgan fingerprint density at radius 1 is 0.852 bits per heavy atom. The molecule has 0 aromatic heterocycles. The first-order valence-corrected chi connectivity index (χ1v) is 8.34. The summed E-state index contributed by atoms with van der Waals surface area (Å²) in [5.41, 5.74) is 1.49. The summed E-state index contributed by atoms with van der Waals surface area (Å²) in [6.45, 7) is 1.04. The quantitative estimate of drug-likeness (QED) is 0.703. The van der Waals surface area contributed by atoms with Crippen molar-refractivity contribution in [2.45, 2.75) is 0 Å². The molecule has 0 unspecified atom stereocenters. The third-order valence-electron chi connectivity index (χ3n) is 4.63. The van der Waals surface area contributed by atoms with Crippen LogP contribution in [0.25, 0.3) is 0 Å². The molecular weight excluding hydrogens is 350 g/mol. The molecule has 4 rings (SSSR count). The highest BCUT2D eigenvalue weighted by Gasteiger charge is 2.36. The van der Waals surface area contributed by atoms with Crippen molar-refractivity contribution in [2.24, 2.45) is 4.99 Å². The van der Waals surface area contributed by atoms with Crippen molar-refractivity contribution in [2.75, 3.05) is 34.5 Å². The van der Waals surface area contributed by atoms with Crippen molar-refractivity contribution in [1.82, 2.24) is 0 Å². The van der Waals surface area contributed by atoms with E-state index in [1.807, 2.05) is 0 Å². The van der Waals surface area contributed by atoms with Gasteiger partial charge in [0.25, 0.3) is 0 Å². The van der Waals surface area contributed by atoms with E-state index >= 15 is 0 Å². The minimum absolute atomic E-state index is 0.205. The van der Waals surface area contributed by atoms with Crippen LogP contribution in [0.3, 0.4) is 0 Å². The number of hydrogen-bond acceptors (Lipinski definition) is 7. The molecular formula is C20H17NO6. The van der Waals surface area contributed by atoms with E-state index in [9.17, 15) is 9.59 Å². The third kappa shape index (κ3) is 2.54. The molecule has 2 aromatic rings. The lowest BCUT2D eigenvalue weighted by molar-refractivity contribution is 0.0973. The van der Waals surface area contributed by atoms with Gasteiger partial charge in [0.2, 0.25) is 11.7 Å². The van der Waals surface area contributed by atoms with Crippen molar-refractivity contribution >= 4 is 17.5 Å². The Balaban J connectivity index is 1.97. The zero-order chi connectivity index (χ0) is 19.1. The first-order chi connectivity index (χ1) is 13.1. The summed E-state index contributed by atoms with van der Waals surface area (Å²) < 4.78 is 21.5. The van der Waals surface area contributed by atoms with Crippen LogP contribution < -0.4 is 14.2 Å². The Morgan fingerprint density at radius 2 is 1.52 bits per heavy atom. The van der Waals surface area contributed by atoms with Gasteiger partial charge in [-0.25, -0.2) is 4.99 Å². The van der Waals surface area contributed by atoms with Crippen molar-refractivity contribution in [3.63, 3.8) is 0 Å². The van der Waals surface area contributed by atoms with Gasteiger partial charge < -0.3 is 18.9 Å². The summed E-state index contributed by atoms with van der Waals surface area (Å²) in [6.07, 6.45) is 0. The Labute approximate surface area is 155 Å². The molecule has 27 heavy (non-hydrogen) atoms. The highest BCUT2D eigenvalue weighted by molar-refractivity contribution is 6.30. The SMILES string of the molecule is COc1cc(OC)c2c(c1)C(=O)c1cc(C3=NCCO3)cc(OC)c1C2=O. The van der Waals surface area contributed by atoms with Crippen LogP contribution in [-0.4, -0.2) is 51.9 Å². The van der Waals surface area contributed by atoms with E-state index < -0.39 is 0 Å². The summed E-state index contributed by atoms with van der Waals surface area (Å²) in [4.78, 5) is 30.7. The molecule has 0 saturated heterocycles. The lowest BCUT2D eigenvalue weighted by Gasteiger charge is -2.23. The first kappa shape index (κ1) is 17.1. The van der Waals surface area contributed by atoms with Gasteiger partial charge in [0.05, 0.1) is 39.0 Å². The predicted molar refractivity (Wildman–Crippen MR) is 96.8 cm³/mol. The van der Waals surface area contributed by atoms with Gasteiger partial charge in [-0.05, 0) is 18.2 Å². The fourth-order valence-electron chi connectivity index (χ4n) is 3.38. The van der Waals surface area contributed by atoms with E-state index in [-0.39, 0.29) is 39.6 Å². The fourth-order valence-corrected chi connectivity index (χ4v) is 3.38. The summed E-state index contributed by atoms with van der Waals surface area (Å²) in [5.74, 6) is 0.796. The normalized spacial score (nSPS) is 14.9. The maximum absolute atomic E-state index is 13.2. The average Bonchev–Trinajstić information content (AvgIpc) is 3.24. The molecule has 1 aliphatic carbocycles. The fraction of sp³-hybridized carbons (Fsp3) is 0.250. The van der Waals surface area contributed by atoms with Crippen molar-refractivity contribution in [1.29, 1.82) is 0 Å². The van der Waals surface area contributed by atoms with Gasteiger partial charge in [0, 0.05) is 22.8 Å². The molecule has 0 bridgehead atoms. The molecule has 0 radical (unpaired) electrons. The molecule has 0 amide bonds. The van der Waals surface area contributed by atoms with Gasteiger partial charge in [-0.1, -0.05) is 0 Å². The van der Waals surface area contributed by atoms with E-state index in [1.165, 1.54) is 21.3 Å². The molecule has 0 spiro atoms. The van der Waals surface area contributed by atoms with Crippen LogP contribution in [0, 0.1) is 0 Å². The van der Waals surface area contributed by atoms with Crippen LogP contribution in [0.15, 0.2) is 29.3 Å². The highest BCUT2D eigenvalue weighted by Crippen LogP contribution is 2.40. The van der Waals surface area contributed by atoms with Gasteiger partial charge >= 0.3 is 0 Å². The molecule has 7 nitrogen and oxygen atoms in total. The van der Waals surface area contributed by atoms with Crippen LogP contribution in [0.2, 0.25) is 0 Å². The van der Waals surface area contributed by atoms with Crippen LogP contribution >= 0.6 is 0 Å². The van der Waals surface area contributed by atoms with Gasteiger partial charge in [-0.2, -0.15) is 0 Å². The van der Waals surface area contributed by atoms with E-state index in [4.69, 9.17) is 18.9 Å². The third-order valence-corrected chi connectivity index (χ3v) is 4.63. The minimum Gasteiger partial charge on any atom is -0.497 e. The van der Waals surface area contributed by atoms with E-state index in [2.05, 4.69) is 4.99 Å². The molecule has 7 heteroatoms. The number of carbonyl (C=O) groups excluding carboxylic acids is 2. The molecule has 138 valence electrons. The summed E-state index contributed by atoms with van der Waals surface area (Å²) >= 11 is 0. The first-order valence-electron chi connectivity index (χ1n) is 8.34. The zero-order valence-corrected chi connectivity index (χ0v) is 15.1. The number of methoxy groups -OCH3 is 3.